The Morgan fingerprint density at radius 3 is 2.32 bits per heavy atom. The number of alkyl carbamates (subject to hydrolysis) is 1. The first-order valence-electron chi connectivity index (χ1n) is 10.3. The van der Waals surface area contributed by atoms with Crippen LogP contribution in [-0.2, 0) is 44.9 Å². The van der Waals surface area contributed by atoms with E-state index in [1.54, 1.807) is 0 Å². The van der Waals surface area contributed by atoms with E-state index >= 15 is 0 Å². The van der Waals surface area contributed by atoms with Gasteiger partial charge in [-0.25, -0.2) is 9.59 Å². The second-order valence-electron chi connectivity index (χ2n) is 7.30. The molecule has 0 saturated carbocycles. The molecule has 184 valence electrons. The molecule has 2 aliphatic heterocycles. The minimum absolute atomic E-state index is 0.0965. The Kier molecular flexibility index (Phi) is 9.35. The van der Waals surface area contributed by atoms with Crippen LogP contribution in [0.1, 0.15) is 32.8 Å². The largest absolute Gasteiger partial charge is 0.445 e. The number of amides is 4. The van der Waals surface area contributed by atoms with Crippen molar-refractivity contribution in [3.05, 3.63) is 35.9 Å². The van der Waals surface area contributed by atoms with Crippen LogP contribution in [0.3, 0.4) is 0 Å². The van der Waals surface area contributed by atoms with Crippen molar-refractivity contribution in [2.45, 2.75) is 52.1 Å². The number of esters is 1. The fraction of sp³-hybridized carbons (Fsp3) is 0.429. The van der Waals surface area contributed by atoms with E-state index in [0.717, 1.165) is 10.6 Å². The molecule has 2 aliphatic rings. The Hall–Kier alpha value is -4.16. The molecule has 2 heterocycles. The Morgan fingerprint density at radius 2 is 1.82 bits per heavy atom. The van der Waals surface area contributed by atoms with Crippen LogP contribution in [0.2, 0.25) is 0 Å². The van der Waals surface area contributed by atoms with Crippen LogP contribution in [0.25, 0.3) is 0 Å². The molecular weight excluding hydrogens is 452 g/mol. The summed E-state index contributed by atoms with van der Waals surface area (Å²) in [5.74, 6) is -2.13. The van der Waals surface area contributed by atoms with Crippen molar-refractivity contribution in [2.24, 2.45) is 0 Å². The predicted octanol–water partition coefficient (Wildman–Crippen LogP) is -0.498. The van der Waals surface area contributed by atoms with Gasteiger partial charge in [-0.05, 0) is 12.5 Å². The lowest BCUT2D eigenvalue weighted by atomic mass is 10.1. The fourth-order valence-electron chi connectivity index (χ4n) is 2.61. The summed E-state index contributed by atoms with van der Waals surface area (Å²) in [5.41, 5.74) is 0.831. The lowest BCUT2D eigenvalue weighted by Gasteiger charge is -2.35. The van der Waals surface area contributed by atoms with Crippen molar-refractivity contribution in [2.75, 3.05) is 6.54 Å². The highest BCUT2D eigenvalue weighted by Crippen LogP contribution is 2.10. The van der Waals surface area contributed by atoms with Crippen molar-refractivity contribution in [3.63, 3.8) is 0 Å². The van der Waals surface area contributed by atoms with E-state index in [2.05, 4.69) is 16.0 Å². The zero-order chi connectivity index (χ0) is 25.3. The van der Waals surface area contributed by atoms with Crippen LogP contribution in [0, 0.1) is 0 Å². The summed E-state index contributed by atoms with van der Waals surface area (Å²) in [7, 11) is 0. The van der Waals surface area contributed by atoms with Crippen molar-refractivity contribution in [3.8, 4) is 0 Å². The molecule has 13 heteroatoms. The first-order valence-corrected chi connectivity index (χ1v) is 10.3. The van der Waals surface area contributed by atoms with Gasteiger partial charge in [0.2, 0.25) is 12.1 Å². The van der Waals surface area contributed by atoms with Gasteiger partial charge in [-0.3, -0.25) is 19.2 Å². The predicted molar refractivity (Wildman–Crippen MR) is 113 cm³/mol. The molecular formula is C21H26N4O9. The molecule has 13 nitrogen and oxygen atoms in total. The molecule has 0 bridgehead atoms. The summed E-state index contributed by atoms with van der Waals surface area (Å²) in [5, 5.41) is 8.04. The number of hydrogen-bond acceptors (Lipinski definition) is 9. The lowest BCUT2D eigenvalue weighted by molar-refractivity contribution is -0.213. The van der Waals surface area contributed by atoms with Gasteiger partial charge in [0.15, 0.2) is 6.04 Å². The molecule has 1 unspecified atom stereocenters. The number of ether oxygens (including phenoxy) is 2. The Balaban J connectivity index is 0.000000257. The highest BCUT2D eigenvalue weighted by atomic mass is 16.7. The SMILES string of the molecule is CC(=O)NC(C)C(=O)ON1CCC1=O.CC(=O)O[C@@H]1NC(=O)[C@H]1NC(=O)OCc1ccccc1. The average molecular weight is 478 g/mol. The molecule has 3 N–H and O–H groups in total. The van der Waals surface area contributed by atoms with Gasteiger partial charge in [-0.1, -0.05) is 30.3 Å². The summed E-state index contributed by atoms with van der Waals surface area (Å²) in [4.78, 5) is 70.8. The number of hydroxylamine groups is 2. The average Bonchev–Trinajstić information content (AvgIpc) is 2.78. The van der Waals surface area contributed by atoms with Crippen molar-refractivity contribution in [1.82, 2.24) is 21.0 Å². The van der Waals surface area contributed by atoms with Gasteiger partial charge in [0.25, 0.3) is 11.8 Å². The minimum Gasteiger partial charge on any atom is -0.445 e. The Bertz CT molecular complexity index is 937. The topological polar surface area (TPSA) is 169 Å². The number of β-lactam (4-membered cyclic amide) rings is 2. The summed E-state index contributed by atoms with van der Waals surface area (Å²) in [6.45, 7) is 4.54. The minimum atomic E-state index is -0.915. The van der Waals surface area contributed by atoms with Gasteiger partial charge in [0.1, 0.15) is 12.6 Å². The molecule has 4 amide bonds. The highest BCUT2D eigenvalue weighted by Gasteiger charge is 2.43. The lowest BCUT2D eigenvalue weighted by Crippen LogP contribution is -2.70. The summed E-state index contributed by atoms with van der Waals surface area (Å²) >= 11 is 0. The first-order chi connectivity index (χ1) is 16.1. The zero-order valence-electron chi connectivity index (χ0n) is 18.9. The molecule has 2 fully saturated rings. The van der Waals surface area contributed by atoms with Crippen LogP contribution in [0.15, 0.2) is 30.3 Å². The van der Waals surface area contributed by atoms with E-state index in [9.17, 15) is 28.8 Å². The molecule has 0 spiro atoms. The van der Waals surface area contributed by atoms with Gasteiger partial charge in [-0.2, -0.15) is 5.06 Å². The van der Waals surface area contributed by atoms with Crippen LogP contribution >= 0.6 is 0 Å². The molecule has 3 atom stereocenters. The van der Waals surface area contributed by atoms with Crippen LogP contribution in [0.4, 0.5) is 4.79 Å². The monoisotopic (exact) mass is 478 g/mol. The second kappa shape index (κ2) is 12.2. The van der Waals surface area contributed by atoms with E-state index in [1.165, 1.54) is 20.8 Å². The van der Waals surface area contributed by atoms with Gasteiger partial charge in [0, 0.05) is 13.8 Å². The normalized spacial score (nSPS) is 19.0. The fourth-order valence-corrected chi connectivity index (χ4v) is 2.61. The second-order valence-corrected chi connectivity index (χ2v) is 7.30. The van der Waals surface area contributed by atoms with Gasteiger partial charge < -0.3 is 30.3 Å². The van der Waals surface area contributed by atoms with Crippen molar-refractivity contribution < 1.29 is 43.1 Å². The third kappa shape index (κ3) is 8.07. The highest BCUT2D eigenvalue weighted by molar-refractivity contribution is 5.92. The molecule has 3 rings (SSSR count). The number of benzene rings is 1. The maximum Gasteiger partial charge on any atom is 0.408 e. The van der Waals surface area contributed by atoms with E-state index in [-0.39, 0.29) is 18.4 Å². The van der Waals surface area contributed by atoms with E-state index in [4.69, 9.17) is 14.3 Å². The molecule has 34 heavy (non-hydrogen) atoms. The Morgan fingerprint density at radius 1 is 1.15 bits per heavy atom. The van der Waals surface area contributed by atoms with E-state index in [0.29, 0.717) is 13.0 Å². The number of nitrogens with zero attached hydrogens (tertiary/aromatic N) is 1. The van der Waals surface area contributed by atoms with Gasteiger partial charge in [0.05, 0.1) is 13.0 Å². The molecule has 2 saturated heterocycles. The molecule has 1 aromatic rings. The third-order valence-electron chi connectivity index (χ3n) is 4.43. The van der Waals surface area contributed by atoms with E-state index in [1.807, 2.05) is 30.3 Å². The molecule has 1 aromatic carbocycles. The number of nitrogens with one attached hydrogen (secondary N) is 3. The molecule has 0 radical (unpaired) electrons. The first kappa shape index (κ1) is 26.1. The van der Waals surface area contributed by atoms with Gasteiger partial charge in [-0.15, -0.1) is 0 Å². The van der Waals surface area contributed by atoms with Crippen LogP contribution < -0.4 is 16.0 Å². The van der Waals surface area contributed by atoms with Gasteiger partial charge >= 0.3 is 18.0 Å². The number of hydrogen-bond donors (Lipinski definition) is 3. The molecule has 0 aliphatic carbocycles. The van der Waals surface area contributed by atoms with E-state index < -0.39 is 42.3 Å². The summed E-state index contributed by atoms with van der Waals surface area (Å²) in [6, 6.07) is 7.48. The maximum atomic E-state index is 11.5. The summed E-state index contributed by atoms with van der Waals surface area (Å²) in [6.07, 6.45) is -1.18. The third-order valence-corrected chi connectivity index (χ3v) is 4.43. The Labute approximate surface area is 195 Å². The standard InChI is InChI=1S/C13H14N2O5.C8H12N2O4/c1-8(16)20-12-10(11(17)15-12)14-13(18)19-7-9-5-3-2-4-6-9;1-5(9-6(2)11)8(13)14-10-4-3-7(10)12/h2-6,10,12H,7H2,1H3,(H,14,18)(H,15,17);5H,3-4H2,1-2H3,(H,9,11)/t10-,12+;/m1./s1. The smallest absolute Gasteiger partial charge is 0.408 e. The number of rotatable bonds is 7. The number of carbonyl (C=O) groups is 6. The van der Waals surface area contributed by atoms with Crippen LogP contribution in [-0.4, -0.2) is 65.7 Å². The zero-order valence-corrected chi connectivity index (χ0v) is 18.9. The number of carbonyl (C=O) groups excluding carboxylic acids is 6. The molecule has 0 aromatic heterocycles. The quantitative estimate of drug-likeness (QED) is 0.345. The summed E-state index contributed by atoms with van der Waals surface area (Å²) < 4.78 is 9.76. The van der Waals surface area contributed by atoms with Crippen LogP contribution in [0.5, 0.6) is 0 Å². The maximum absolute atomic E-state index is 11.5. The van der Waals surface area contributed by atoms with Crippen molar-refractivity contribution in [1.29, 1.82) is 0 Å². The van der Waals surface area contributed by atoms with Crippen molar-refractivity contribution >= 4 is 35.8 Å².